The smallest absolute Gasteiger partial charge is 0.305 e. The van der Waals surface area contributed by atoms with Crippen LogP contribution in [0.3, 0.4) is 0 Å². The summed E-state index contributed by atoms with van der Waals surface area (Å²) < 4.78 is 5.11. The molecule has 0 aliphatic heterocycles. The van der Waals surface area contributed by atoms with Crippen LogP contribution in [-0.2, 0) is 9.59 Å². The lowest BCUT2D eigenvalue weighted by Crippen LogP contribution is -2.40. The number of nitrogens with one attached hydrogen (secondary N) is 2. The molecule has 0 heterocycles. The molecular formula is C21H22N2O5. The van der Waals surface area contributed by atoms with E-state index in [4.69, 9.17) is 9.84 Å². The van der Waals surface area contributed by atoms with Crippen molar-refractivity contribution in [3.63, 3.8) is 0 Å². The van der Waals surface area contributed by atoms with Gasteiger partial charge in [0.25, 0.3) is 11.8 Å². The van der Waals surface area contributed by atoms with Crippen molar-refractivity contribution in [2.75, 3.05) is 7.11 Å². The van der Waals surface area contributed by atoms with E-state index < -0.39 is 23.8 Å². The van der Waals surface area contributed by atoms with Crippen LogP contribution in [0.2, 0.25) is 0 Å². The van der Waals surface area contributed by atoms with Crippen LogP contribution < -0.4 is 15.4 Å². The maximum Gasteiger partial charge on any atom is 0.305 e. The molecule has 28 heavy (non-hydrogen) atoms. The van der Waals surface area contributed by atoms with Gasteiger partial charge in [0.1, 0.15) is 11.4 Å². The second kappa shape index (κ2) is 9.91. The number of methoxy groups -OCH3 is 1. The summed E-state index contributed by atoms with van der Waals surface area (Å²) in [4.78, 5) is 35.9. The van der Waals surface area contributed by atoms with Crippen molar-refractivity contribution in [2.45, 2.75) is 19.4 Å². The van der Waals surface area contributed by atoms with Gasteiger partial charge < -0.3 is 20.5 Å². The summed E-state index contributed by atoms with van der Waals surface area (Å²) in [6.07, 6.45) is 1.29. The minimum absolute atomic E-state index is 0.0104. The standard InChI is InChI=1S/C21H22N2O5/c1-14(12-19(24)25)22-21(27)18(13-15-8-10-17(28-2)11-9-15)23-20(26)16-6-4-3-5-7-16/h3-11,13-14H,12H2,1-2H3,(H,22,27)(H,23,26)(H,24,25)/t14-/m0/s1. The summed E-state index contributed by atoms with van der Waals surface area (Å²) in [6, 6.07) is 14.8. The Morgan fingerprint density at radius 3 is 2.29 bits per heavy atom. The molecule has 2 rings (SSSR count). The first-order chi connectivity index (χ1) is 13.4. The molecule has 3 N–H and O–H groups in total. The van der Waals surface area contributed by atoms with Gasteiger partial charge >= 0.3 is 5.97 Å². The average Bonchev–Trinajstić information content (AvgIpc) is 2.67. The Balaban J connectivity index is 2.25. The third kappa shape index (κ3) is 6.28. The first-order valence-electron chi connectivity index (χ1n) is 8.64. The fraction of sp³-hybridized carbons (Fsp3) is 0.190. The van der Waals surface area contributed by atoms with Gasteiger partial charge in [0.05, 0.1) is 13.5 Å². The number of aliphatic carboxylic acids is 1. The summed E-state index contributed by atoms with van der Waals surface area (Å²) in [5.74, 6) is -1.39. The van der Waals surface area contributed by atoms with Crippen molar-refractivity contribution >= 4 is 23.9 Å². The number of carbonyl (C=O) groups excluding carboxylic acids is 2. The highest BCUT2D eigenvalue weighted by Gasteiger charge is 2.17. The number of amides is 2. The van der Waals surface area contributed by atoms with Crippen LogP contribution >= 0.6 is 0 Å². The molecule has 2 aromatic rings. The van der Waals surface area contributed by atoms with Gasteiger partial charge in [0, 0.05) is 11.6 Å². The Labute approximate surface area is 163 Å². The van der Waals surface area contributed by atoms with Gasteiger partial charge in [0.2, 0.25) is 0 Å². The lowest BCUT2D eigenvalue weighted by molar-refractivity contribution is -0.137. The van der Waals surface area contributed by atoms with Gasteiger partial charge in [-0.05, 0) is 42.8 Å². The number of benzene rings is 2. The molecule has 0 unspecified atom stereocenters. The summed E-state index contributed by atoms with van der Waals surface area (Å²) in [7, 11) is 1.55. The van der Waals surface area contributed by atoms with Crippen molar-refractivity contribution in [3.05, 3.63) is 71.4 Å². The van der Waals surface area contributed by atoms with E-state index in [-0.39, 0.29) is 12.1 Å². The molecular weight excluding hydrogens is 360 g/mol. The van der Waals surface area contributed by atoms with E-state index in [0.717, 1.165) is 0 Å². The topological polar surface area (TPSA) is 105 Å². The number of rotatable bonds is 8. The average molecular weight is 382 g/mol. The highest BCUT2D eigenvalue weighted by Crippen LogP contribution is 2.14. The van der Waals surface area contributed by atoms with E-state index in [1.165, 1.54) is 6.08 Å². The molecule has 2 amide bonds. The predicted octanol–water partition coefficient (Wildman–Crippen LogP) is 2.45. The number of hydrogen-bond donors (Lipinski definition) is 3. The second-order valence-electron chi connectivity index (χ2n) is 6.12. The zero-order valence-corrected chi connectivity index (χ0v) is 15.6. The highest BCUT2D eigenvalue weighted by atomic mass is 16.5. The van der Waals surface area contributed by atoms with Crippen molar-refractivity contribution in [2.24, 2.45) is 0 Å². The Kier molecular flexibility index (Phi) is 7.33. The minimum Gasteiger partial charge on any atom is -0.497 e. The van der Waals surface area contributed by atoms with Crippen LogP contribution in [0, 0.1) is 0 Å². The van der Waals surface area contributed by atoms with Gasteiger partial charge in [-0.25, -0.2) is 0 Å². The van der Waals surface area contributed by atoms with E-state index in [9.17, 15) is 14.4 Å². The largest absolute Gasteiger partial charge is 0.497 e. The van der Waals surface area contributed by atoms with E-state index in [0.29, 0.717) is 16.9 Å². The molecule has 0 fully saturated rings. The SMILES string of the molecule is COc1ccc(C=C(NC(=O)c2ccccc2)C(=O)N[C@@H](C)CC(=O)O)cc1. The molecule has 7 nitrogen and oxygen atoms in total. The molecule has 7 heteroatoms. The molecule has 0 spiro atoms. The Bertz CT molecular complexity index is 860. The number of carboxylic acids is 1. The van der Waals surface area contributed by atoms with Crippen LogP contribution in [0.4, 0.5) is 0 Å². The van der Waals surface area contributed by atoms with Crippen LogP contribution in [0.25, 0.3) is 6.08 Å². The molecule has 146 valence electrons. The first-order valence-corrected chi connectivity index (χ1v) is 8.64. The Morgan fingerprint density at radius 1 is 1.07 bits per heavy atom. The number of hydrogen-bond acceptors (Lipinski definition) is 4. The van der Waals surface area contributed by atoms with Crippen LogP contribution in [0.15, 0.2) is 60.3 Å². The first kappa shape index (κ1) is 20.7. The molecule has 0 saturated carbocycles. The number of carboxylic acid groups (broad SMARTS) is 1. The summed E-state index contributed by atoms with van der Waals surface area (Å²) in [5, 5.41) is 14.1. The Morgan fingerprint density at radius 2 is 1.71 bits per heavy atom. The van der Waals surface area contributed by atoms with Gasteiger partial charge in [-0.15, -0.1) is 0 Å². The summed E-state index contributed by atoms with van der Waals surface area (Å²) >= 11 is 0. The van der Waals surface area contributed by atoms with E-state index >= 15 is 0 Å². The molecule has 2 aromatic carbocycles. The maximum absolute atomic E-state index is 12.6. The molecule has 0 aromatic heterocycles. The maximum atomic E-state index is 12.6. The monoisotopic (exact) mass is 382 g/mol. The minimum atomic E-state index is -1.03. The zero-order chi connectivity index (χ0) is 20.5. The van der Waals surface area contributed by atoms with E-state index in [1.54, 1.807) is 68.6 Å². The molecule has 0 saturated heterocycles. The molecule has 1 atom stereocenters. The lowest BCUT2D eigenvalue weighted by Gasteiger charge is -2.15. The Hall–Kier alpha value is -3.61. The third-order valence-corrected chi connectivity index (χ3v) is 3.81. The molecule has 0 bridgehead atoms. The van der Waals surface area contributed by atoms with Crippen molar-refractivity contribution in [1.82, 2.24) is 10.6 Å². The third-order valence-electron chi connectivity index (χ3n) is 3.81. The molecule has 0 aliphatic carbocycles. The van der Waals surface area contributed by atoms with Gasteiger partial charge in [-0.1, -0.05) is 30.3 Å². The van der Waals surface area contributed by atoms with Crippen LogP contribution in [0.5, 0.6) is 5.75 Å². The number of ether oxygens (including phenoxy) is 1. The van der Waals surface area contributed by atoms with Crippen LogP contribution in [-0.4, -0.2) is 36.0 Å². The lowest BCUT2D eigenvalue weighted by atomic mass is 10.1. The van der Waals surface area contributed by atoms with E-state index in [1.807, 2.05) is 0 Å². The fourth-order valence-electron chi connectivity index (χ4n) is 2.42. The quantitative estimate of drug-likeness (QED) is 0.608. The normalized spacial score (nSPS) is 12.0. The van der Waals surface area contributed by atoms with Crippen LogP contribution in [0.1, 0.15) is 29.3 Å². The summed E-state index contributed by atoms with van der Waals surface area (Å²) in [6.45, 7) is 1.58. The van der Waals surface area contributed by atoms with Gasteiger partial charge in [-0.2, -0.15) is 0 Å². The number of carbonyl (C=O) groups is 3. The van der Waals surface area contributed by atoms with Crippen molar-refractivity contribution in [3.8, 4) is 5.75 Å². The van der Waals surface area contributed by atoms with E-state index in [2.05, 4.69) is 10.6 Å². The second-order valence-corrected chi connectivity index (χ2v) is 6.12. The van der Waals surface area contributed by atoms with Crippen molar-refractivity contribution in [1.29, 1.82) is 0 Å². The van der Waals surface area contributed by atoms with Gasteiger partial charge in [0.15, 0.2) is 0 Å². The van der Waals surface area contributed by atoms with Crippen molar-refractivity contribution < 1.29 is 24.2 Å². The zero-order valence-electron chi connectivity index (χ0n) is 15.6. The predicted molar refractivity (Wildman–Crippen MR) is 105 cm³/mol. The highest BCUT2D eigenvalue weighted by molar-refractivity contribution is 6.05. The van der Waals surface area contributed by atoms with Gasteiger partial charge in [-0.3, -0.25) is 14.4 Å². The molecule has 0 radical (unpaired) electrons. The molecule has 0 aliphatic rings. The fourth-order valence-corrected chi connectivity index (χ4v) is 2.42. The summed E-state index contributed by atoms with van der Waals surface area (Å²) in [5.41, 5.74) is 1.08.